The summed E-state index contributed by atoms with van der Waals surface area (Å²) in [5, 5.41) is 0. The van der Waals surface area contributed by atoms with Gasteiger partial charge in [0.15, 0.2) is 0 Å². The molecule has 0 N–H and O–H groups in total. The topological polar surface area (TPSA) is 17.3 Å². The van der Waals surface area contributed by atoms with Crippen LogP contribution in [0, 0.1) is 13.8 Å². The van der Waals surface area contributed by atoms with E-state index in [4.69, 9.17) is 4.99 Å². The van der Waals surface area contributed by atoms with Crippen LogP contribution in [0.2, 0.25) is 0 Å². The number of para-hydroxylation sites is 1. The molecule has 3 aromatic rings. The third-order valence-electron chi connectivity index (χ3n) is 5.51. The zero-order valence-electron chi connectivity index (χ0n) is 17.2. The highest BCUT2D eigenvalue weighted by atomic mass is 15.0. The van der Waals surface area contributed by atoms with Crippen molar-refractivity contribution in [2.45, 2.75) is 53.4 Å². The van der Waals surface area contributed by atoms with Crippen molar-refractivity contribution in [1.82, 2.24) is 4.57 Å². The van der Waals surface area contributed by atoms with E-state index in [2.05, 4.69) is 93.8 Å². The molecular weight excluding hydrogens is 328 g/mol. The number of rotatable bonds is 6. The van der Waals surface area contributed by atoms with Crippen LogP contribution in [0.5, 0.6) is 0 Å². The molecule has 0 aliphatic heterocycles. The molecule has 0 aliphatic carbocycles. The summed E-state index contributed by atoms with van der Waals surface area (Å²) in [5.41, 5.74) is 8.65. The largest absolute Gasteiger partial charge is 0.318 e. The number of aliphatic imine (C=N–C) groups is 1. The molecule has 2 aromatic carbocycles. The number of benzene rings is 2. The van der Waals surface area contributed by atoms with Crippen LogP contribution in [0.25, 0.3) is 5.69 Å². The highest BCUT2D eigenvalue weighted by Crippen LogP contribution is 2.25. The average Bonchev–Trinajstić information content (AvgIpc) is 2.99. The standard InChI is InChI=1S/C25H30N2/c1-6-18(3)22-12-14-24(15-13-22)26-17-23-16-19(4)27(20(23)5)25-11-9-8-10-21(25)7-2/h8-18H,6-7H2,1-5H3/t18-/m0/s1. The Morgan fingerprint density at radius 3 is 2.37 bits per heavy atom. The fourth-order valence-corrected chi connectivity index (χ4v) is 3.59. The molecule has 140 valence electrons. The van der Waals surface area contributed by atoms with E-state index in [9.17, 15) is 0 Å². The first-order valence-corrected chi connectivity index (χ1v) is 9.96. The van der Waals surface area contributed by atoms with Gasteiger partial charge in [0, 0.05) is 28.9 Å². The Hall–Kier alpha value is -2.61. The van der Waals surface area contributed by atoms with Crippen molar-refractivity contribution in [3.05, 3.63) is 82.7 Å². The lowest BCUT2D eigenvalue weighted by Crippen LogP contribution is -2.03. The Labute approximate surface area is 163 Å². The molecule has 1 aromatic heterocycles. The maximum atomic E-state index is 4.72. The molecule has 1 atom stereocenters. The van der Waals surface area contributed by atoms with Gasteiger partial charge in [-0.1, -0.05) is 51.1 Å². The van der Waals surface area contributed by atoms with E-state index in [1.807, 2.05) is 6.21 Å². The lowest BCUT2D eigenvalue weighted by atomic mass is 9.99. The smallest absolute Gasteiger partial charge is 0.0630 e. The van der Waals surface area contributed by atoms with Crippen LogP contribution in [-0.2, 0) is 6.42 Å². The predicted molar refractivity (Wildman–Crippen MR) is 117 cm³/mol. The molecule has 0 bridgehead atoms. The van der Waals surface area contributed by atoms with E-state index >= 15 is 0 Å². The summed E-state index contributed by atoms with van der Waals surface area (Å²) in [5.74, 6) is 0.598. The van der Waals surface area contributed by atoms with Crippen LogP contribution in [-0.4, -0.2) is 10.8 Å². The van der Waals surface area contributed by atoms with Gasteiger partial charge < -0.3 is 4.57 Å². The van der Waals surface area contributed by atoms with Crippen molar-refractivity contribution in [3.8, 4) is 5.69 Å². The second kappa shape index (κ2) is 8.39. The quantitative estimate of drug-likeness (QED) is 0.425. The minimum Gasteiger partial charge on any atom is -0.318 e. The van der Waals surface area contributed by atoms with Gasteiger partial charge in [-0.25, -0.2) is 0 Å². The molecule has 0 radical (unpaired) electrons. The summed E-state index contributed by atoms with van der Waals surface area (Å²) in [6.45, 7) is 11.0. The highest BCUT2D eigenvalue weighted by Gasteiger charge is 2.11. The first-order valence-electron chi connectivity index (χ1n) is 9.96. The first-order chi connectivity index (χ1) is 13.0. The van der Waals surface area contributed by atoms with Gasteiger partial charge in [-0.15, -0.1) is 0 Å². The molecule has 0 fully saturated rings. The minimum absolute atomic E-state index is 0.598. The Morgan fingerprint density at radius 1 is 1.00 bits per heavy atom. The van der Waals surface area contributed by atoms with E-state index in [-0.39, 0.29) is 0 Å². The number of nitrogens with zero attached hydrogens (tertiary/aromatic N) is 2. The number of aromatic nitrogens is 1. The zero-order chi connectivity index (χ0) is 19.4. The Bertz CT molecular complexity index is 929. The second-order valence-electron chi connectivity index (χ2n) is 7.30. The van der Waals surface area contributed by atoms with E-state index in [0.717, 1.165) is 18.5 Å². The van der Waals surface area contributed by atoms with Crippen LogP contribution in [0.4, 0.5) is 5.69 Å². The number of hydrogen-bond acceptors (Lipinski definition) is 1. The fourth-order valence-electron chi connectivity index (χ4n) is 3.59. The van der Waals surface area contributed by atoms with Gasteiger partial charge in [0.05, 0.1) is 5.69 Å². The SMILES string of the molecule is CCc1ccccc1-n1c(C)cc(C=Nc2ccc([C@@H](C)CC)cc2)c1C. The molecule has 2 nitrogen and oxygen atoms in total. The van der Waals surface area contributed by atoms with Gasteiger partial charge in [-0.3, -0.25) is 4.99 Å². The van der Waals surface area contributed by atoms with Crippen LogP contribution >= 0.6 is 0 Å². The van der Waals surface area contributed by atoms with E-state index < -0.39 is 0 Å². The van der Waals surface area contributed by atoms with Crippen LogP contribution in [0.1, 0.15) is 61.2 Å². The Balaban J connectivity index is 1.90. The maximum absolute atomic E-state index is 4.72. The number of hydrogen-bond donors (Lipinski definition) is 0. The molecule has 1 heterocycles. The van der Waals surface area contributed by atoms with Crippen LogP contribution in [0.15, 0.2) is 59.6 Å². The molecule has 0 amide bonds. The van der Waals surface area contributed by atoms with Crippen molar-refractivity contribution in [2.75, 3.05) is 0 Å². The Morgan fingerprint density at radius 2 is 1.70 bits per heavy atom. The van der Waals surface area contributed by atoms with Gasteiger partial charge in [-0.2, -0.15) is 0 Å². The summed E-state index contributed by atoms with van der Waals surface area (Å²) in [6, 6.07) is 19.5. The summed E-state index contributed by atoms with van der Waals surface area (Å²) < 4.78 is 2.34. The Kier molecular flexibility index (Phi) is 5.95. The molecule has 0 spiro atoms. The highest BCUT2D eigenvalue weighted by molar-refractivity contribution is 5.84. The van der Waals surface area contributed by atoms with Crippen molar-refractivity contribution in [3.63, 3.8) is 0 Å². The monoisotopic (exact) mass is 358 g/mol. The normalized spacial score (nSPS) is 12.6. The molecule has 0 aliphatic rings. The molecular formula is C25H30N2. The van der Waals surface area contributed by atoms with Crippen molar-refractivity contribution < 1.29 is 0 Å². The second-order valence-corrected chi connectivity index (χ2v) is 7.30. The minimum atomic E-state index is 0.598. The van der Waals surface area contributed by atoms with Crippen LogP contribution in [0.3, 0.4) is 0 Å². The van der Waals surface area contributed by atoms with Gasteiger partial charge >= 0.3 is 0 Å². The summed E-state index contributed by atoms with van der Waals surface area (Å²) in [6.07, 6.45) is 4.18. The molecule has 0 saturated carbocycles. The average molecular weight is 359 g/mol. The molecule has 0 unspecified atom stereocenters. The zero-order valence-corrected chi connectivity index (χ0v) is 17.2. The van der Waals surface area contributed by atoms with Crippen molar-refractivity contribution in [1.29, 1.82) is 0 Å². The van der Waals surface area contributed by atoms with Gasteiger partial charge in [0.2, 0.25) is 0 Å². The molecule has 2 heteroatoms. The van der Waals surface area contributed by atoms with Crippen molar-refractivity contribution in [2.24, 2.45) is 4.99 Å². The summed E-state index contributed by atoms with van der Waals surface area (Å²) in [4.78, 5) is 4.72. The lowest BCUT2D eigenvalue weighted by Gasteiger charge is -2.13. The predicted octanol–water partition coefficient (Wildman–Crippen LogP) is 6.92. The number of aryl methyl sites for hydroxylation is 2. The molecule has 0 saturated heterocycles. The third-order valence-corrected chi connectivity index (χ3v) is 5.51. The summed E-state index contributed by atoms with van der Waals surface area (Å²) >= 11 is 0. The van der Waals surface area contributed by atoms with Gasteiger partial charge in [0.25, 0.3) is 0 Å². The van der Waals surface area contributed by atoms with Crippen LogP contribution < -0.4 is 0 Å². The molecule has 3 rings (SSSR count). The lowest BCUT2D eigenvalue weighted by molar-refractivity contribution is 0.734. The summed E-state index contributed by atoms with van der Waals surface area (Å²) in [7, 11) is 0. The van der Waals surface area contributed by atoms with Gasteiger partial charge in [-0.05, 0) is 68.0 Å². The van der Waals surface area contributed by atoms with Gasteiger partial charge in [0.1, 0.15) is 0 Å². The van der Waals surface area contributed by atoms with E-state index in [1.54, 1.807) is 0 Å². The van der Waals surface area contributed by atoms with E-state index in [0.29, 0.717) is 5.92 Å². The maximum Gasteiger partial charge on any atom is 0.0630 e. The van der Waals surface area contributed by atoms with Crippen molar-refractivity contribution >= 4 is 11.9 Å². The first kappa shape index (κ1) is 19.2. The third kappa shape index (κ3) is 4.05. The van der Waals surface area contributed by atoms with E-state index in [1.165, 1.54) is 33.8 Å². The molecule has 27 heavy (non-hydrogen) atoms. The fraction of sp³-hybridized carbons (Fsp3) is 0.320.